The zero-order valence-electron chi connectivity index (χ0n) is 18.6. The number of alkyl halides is 6. The average Bonchev–Trinajstić information content (AvgIpc) is 3.37. The fourth-order valence-electron chi connectivity index (χ4n) is 3.98. The Morgan fingerprint density at radius 3 is 2.31 bits per heavy atom. The lowest BCUT2D eigenvalue weighted by molar-refractivity contribution is -0.214. The van der Waals surface area contributed by atoms with Crippen molar-refractivity contribution in [1.82, 2.24) is 14.9 Å². The number of benzene rings is 2. The predicted octanol–water partition coefficient (Wildman–Crippen LogP) is 5.25. The number of H-pyrrole nitrogens is 1. The third-order valence-electron chi connectivity index (χ3n) is 5.66. The molecule has 0 radical (unpaired) electrons. The van der Waals surface area contributed by atoms with Crippen molar-refractivity contribution < 1.29 is 40.6 Å². The Labute approximate surface area is 201 Å². The van der Waals surface area contributed by atoms with Crippen molar-refractivity contribution in [3.63, 3.8) is 0 Å². The van der Waals surface area contributed by atoms with Crippen LogP contribution in [0, 0.1) is 0 Å². The number of hydrogen-bond acceptors (Lipinski definition) is 5. The van der Waals surface area contributed by atoms with E-state index < -0.39 is 42.4 Å². The van der Waals surface area contributed by atoms with Gasteiger partial charge in [-0.3, -0.25) is 9.69 Å². The second kappa shape index (κ2) is 10.4. The highest BCUT2D eigenvalue weighted by Gasteiger charge is 2.38. The first-order chi connectivity index (χ1) is 17.0. The molecule has 0 unspecified atom stereocenters. The Kier molecular flexibility index (Phi) is 7.48. The number of imidazole rings is 1. The van der Waals surface area contributed by atoms with Crippen LogP contribution >= 0.6 is 0 Å². The number of carbonyl (C=O) groups is 1. The predicted molar refractivity (Wildman–Crippen MR) is 115 cm³/mol. The summed E-state index contributed by atoms with van der Waals surface area (Å²) in [6.07, 6.45) is -8.22. The Balaban J connectivity index is 1.59. The molecule has 1 saturated heterocycles. The monoisotopic (exact) mass is 513 g/mol. The molecule has 2 aromatic carbocycles. The molecule has 2 heterocycles. The van der Waals surface area contributed by atoms with Crippen molar-refractivity contribution in [2.45, 2.75) is 31.3 Å². The van der Waals surface area contributed by atoms with Crippen LogP contribution in [0.25, 0.3) is 0 Å². The Bertz CT molecular complexity index is 1130. The van der Waals surface area contributed by atoms with E-state index in [1.54, 1.807) is 35.2 Å². The summed E-state index contributed by atoms with van der Waals surface area (Å²) < 4.78 is 90.8. The van der Waals surface area contributed by atoms with Crippen molar-refractivity contribution in [1.29, 1.82) is 0 Å². The minimum Gasteiger partial charge on any atom is -0.349 e. The van der Waals surface area contributed by atoms with E-state index in [9.17, 15) is 31.1 Å². The van der Waals surface area contributed by atoms with Crippen LogP contribution in [0.1, 0.15) is 38.8 Å². The van der Waals surface area contributed by atoms with Crippen LogP contribution < -0.4 is 0 Å². The number of rotatable bonds is 7. The highest BCUT2D eigenvalue weighted by Crippen LogP contribution is 2.37. The number of ketones is 1. The third kappa shape index (κ3) is 6.12. The van der Waals surface area contributed by atoms with Crippen LogP contribution in [0.15, 0.2) is 61.1 Å². The van der Waals surface area contributed by atoms with Crippen molar-refractivity contribution in [3.8, 4) is 0 Å². The Hall–Kier alpha value is -3.22. The molecule has 1 aromatic heterocycles. The number of aromatic nitrogens is 2. The number of morpholine rings is 1. The molecular weight excluding hydrogens is 492 g/mol. The van der Waals surface area contributed by atoms with Gasteiger partial charge in [-0.2, -0.15) is 26.3 Å². The molecule has 1 N–H and O–H groups in total. The molecule has 36 heavy (non-hydrogen) atoms. The second-order valence-corrected chi connectivity index (χ2v) is 8.18. The third-order valence-corrected chi connectivity index (χ3v) is 5.66. The summed E-state index contributed by atoms with van der Waals surface area (Å²) >= 11 is 0. The fraction of sp³-hybridized carbons (Fsp3) is 0.333. The van der Waals surface area contributed by atoms with Gasteiger partial charge in [0.2, 0.25) is 0 Å². The lowest BCUT2D eigenvalue weighted by atomic mass is 10.0. The van der Waals surface area contributed by atoms with Crippen LogP contribution in [0.3, 0.4) is 0 Å². The molecule has 0 saturated carbocycles. The summed E-state index contributed by atoms with van der Waals surface area (Å²) in [5.74, 6) is -0.248. The molecular formula is C24H21F6N3O3. The van der Waals surface area contributed by atoms with Gasteiger partial charge in [-0.15, -0.1) is 0 Å². The summed E-state index contributed by atoms with van der Waals surface area (Å²) in [7, 11) is 0. The van der Waals surface area contributed by atoms with E-state index in [0.717, 1.165) is 0 Å². The molecule has 192 valence electrons. The normalized spacial score (nSPS) is 19.4. The number of nitrogens with one attached hydrogen (secondary N) is 1. The maximum atomic E-state index is 13.2. The van der Waals surface area contributed by atoms with E-state index in [1.165, 1.54) is 12.5 Å². The maximum Gasteiger partial charge on any atom is 0.416 e. The van der Waals surface area contributed by atoms with Gasteiger partial charge in [-0.05, 0) is 29.3 Å². The molecule has 12 heteroatoms. The van der Waals surface area contributed by atoms with E-state index in [4.69, 9.17) is 9.47 Å². The molecule has 2 atom stereocenters. The van der Waals surface area contributed by atoms with E-state index in [0.29, 0.717) is 29.9 Å². The van der Waals surface area contributed by atoms with E-state index in [-0.39, 0.29) is 30.6 Å². The van der Waals surface area contributed by atoms with Crippen molar-refractivity contribution >= 4 is 5.78 Å². The summed E-state index contributed by atoms with van der Waals surface area (Å²) in [6, 6.07) is 9.52. The van der Waals surface area contributed by atoms with Crippen molar-refractivity contribution in [3.05, 3.63) is 89.0 Å². The molecule has 0 bridgehead atoms. The molecule has 0 aliphatic carbocycles. The van der Waals surface area contributed by atoms with Gasteiger partial charge in [0.1, 0.15) is 5.69 Å². The van der Waals surface area contributed by atoms with Gasteiger partial charge in [-0.25, -0.2) is 4.98 Å². The number of nitrogens with zero attached hydrogens (tertiary/aromatic N) is 2. The van der Waals surface area contributed by atoms with Crippen LogP contribution in [-0.2, 0) is 28.4 Å². The quantitative estimate of drug-likeness (QED) is 0.346. The average molecular weight is 513 g/mol. The van der Waals surface area contributed by atoms with Gasteiger partial charge in [-0.1, -0.05) is 30.3 Å². The number of hydrogen-bond donors (Lipinski definition) is 1. The smallest absolute Gasteiger partial charge is 0.349 e. The van der Waals surface area contributed by atoms with Crippen LogP contribution in [0.2, 0.25) is 0 Å². The number of carbonyl (C=O) groups excluding carboxylic acids is 1. The summed E-state index contributed by atoms with van der Waals surface area (Å²) in [6.45, 7) is -0.113. The molecule has 1 fully saturated rings. The largest absolute Gasteiger partial charge is 0.416 e. The highest BCUT2D eigenvalue weighted by molar-refractivity contribution is 5.95. The molecule has 4 rings (SSSR count). The van der Waals surface area contributed by atoms with Crippen LogP contribution in [-0.4, -0.2) is 46.6 Å². The Morgan fingerprint density at radius 2 is 1.72 bits per heavy atom. The zero-order valence-corrected chi connectivity index (χ0v) is 18.6. The molecule has 0 amide bonds. The minimum atomic E-state index is -4.96. The first-order valence-electron chi connectivity index (χ1n) is 10.8. The summed E-state index contributed by atoms with van der Waals surface area (Å²) in [5, 5.41) is 0. The van der Waals surface area contributed by atoms with Gasteiger partial charge >= 0.3 is 12.4 Å². The molecule has 1 aliphatic heterocycles. The van der Waals surface area contributed by atoms with Gasteiger partial charge in [0, 0.05) is 6.54 Å². The SMILES string of the molecule is O=C(CN1CCO[C@H](OCc2cc(C(F)(F)F)cc(C(F)(F)F)c2)[C@@H]1c1ccccc1)c1cnc[nH]1. The van der Waals surface area contributed by atoms with Gasteiger partial charge in [0.25, 0.3) is 0 Å². The van der Waals surface area contributed by atoms with Gasteiger partial charge in [0.15, 0.2) is 12.1 Å². The lowest BCUT2D eigenvalue weighted by Crippen LogP contribution is -2.48. The van der Waals surface area contributed by atoms with Gasteiger partial charge < -0.3 is 14.5 Å². The van der Waals surface area contributed by atoms with E-state index >= 15 is 0 Å². The Morgan fingerprint density at radius 1 is 1.06 bits per heavy atom. The number of Topliss-reactive ketones (excluding diaryl/α,β-unsaturated/α-hetero) is 1. The molecule has 6 nitrogen and oxygen atoms in total. The van der Waals surface area contributed by atoms with E-state index in [1.807, 2.05) is 0 Å². The van der Waals surface area contributed by atoms with E-state index in [2.05, 4.69) is 9.97 Å². The lowest BCUT2D eigenvalue weighted by Gasteiger charge is -2.40. The second-order valence-electron chi connectivity index (χ2n) is 8.18. The maximum absolute atomic E-state index is 13.2. The van der Waals surface area contributed by atoms with Gasteiger partial charge in [0.05, 0.1) is 49.5 Å². The number of aromatic amines is 1. The molecule has 3 aromatic rings. The number of halogens is 6. The van der Waals surface area contributed by atoms with Crippen molar-refractivity contribution in [2.75, 3.05) is 19.7 Å². The minimum absolute atomic E-state index is 0.0350. The first-order valence-corrected chi connectivity index (χ1v) is 10.8. The van der Waals surface area contributed by atoms with Crippen LogP contribution in [0.4, 0.5) is 26.3 Å². The van der Waals surface area contributed by atoms with Crippen molar-refractivity contribution in [2.24, 2.45) is 0 Å². The summed E-state index contributed by atoms with van der Waals surface area (Å²) in [5.41, 5.74) is -2.15. The van der Waals surface area contributed by atoms with Crippen LogP contribution in [0.5, 0.6) is 0 Å². The number of ether oxygens (including phenoxy) is 2. The molecule has 0 spiro atoms. The fourth-order valence-corrected chi connectivity index (χ4v) is 3.98. The topological polar surface area (TPSA) is 67.5 Å². The standard InChI is InChI=1S/C24H21F6N3O3/c25-23(26,27)17-8-15(9-18(10-17)24(28,29)30)13-36-22-21(16-4-2-1-3-5-16)33(6-7-35-22)12-20(34)19-11-31-14-32-19/h1-5,8-11,14,21-22H,6-7,12-13H2,(H,31,32)/t21-,22+/m0/s1. The summed E-state index contributed by atoms with van der Waals surface area (Å²) in [4.78, 5) is 21.1. The highest BCUT2D eigenvalue weighted by atomic mass is 19.4. The molecule has 1 aliphatic rings. The first kappa shape index (κ1) is 25.9. The zero-order chi connectivity index (χ0) is 25.9.